The first-order valence-corrected chi connectivity index (χ1v) is 9.73. The fourth-order valence-corrected chi connectivity index (χ4v) is 4.83. The molecule has 1 aliphatic rings. The average molecular weight is 325 g/mol. The third-order valence-corrected chi connectivity index (χ3v) is 6.21. The molecule has 21 heavy (non-hydrogen) atoms. The van der Waals surface area contributed by atoms with Crippen molar-refractivity contribution in [3.05, 3.63) is 29.3 Å². The molecule has 0 bridgehead atoms. The molecule has 2 rings (SSSR count). The Bertz CT molecular complexity index is 473. The van der Waals surface area contributed by atoms with Gasteiger partial charge in [0.1, 0.15) is 0 Å². The van der Waals surface area contributed by atoms with Crippen LogP contribution in [0.1, 0.15) is 29.3 Å². The molecular formula is C16H24N2OS2. The molecule has 1 unspecified atom stereocenters. The molecule has 1 saturated heterocycles. The molecule has 1 aliphatic heterocycles. The van der Waals surface area contributed by atoms with Gasteiger partial charge in [0.05, 0.1) is 5.56 Å². The first-order valence-electron chi connectivity index (χ1n) is 7.52. The summed E-state index contributed by atoms with van der Waals surface area (Å²) < 4.78 is 0. The van der Waals surface area contributed by atoms with E-state index in [0.29, 0.717) is 5.25 Å². The standard InChI is InChI=1S/C16H24N2OS2/c1-3-6-17-15-5-4-12(2)9-14(15)16(19)18-10-13-11-20-7-8-21-13/h4-5,9,13,17H,3,6-8,10-11H2,1-2H3,(H,18,19). The van der Waals surface area contributed by atoms with E-state index in [9.17, 15) is 4.79 Å². The lowest BCUT2D eigenvalue weighted by Gasteiger charge is -2.21. The zero-order valence-electron chi connectivity index (χ0n) is 12.8. The van der Waals surface area contributed by atoms with Crippen molar-refractivity contribution in [2.24, 2.45) is 0 Å². The van der Waals surface area contributed by atoms with Crippen LogP contribution >= 0.6 is 23.5 Å². The van der Waals surface area contributed by atoms with Crippen molar-refractivity contribution in [3.63, 3.8) is 0 Å². The normalized spacial score (nSPS) is 18.3. The molecular weight excluding hydrogens is 300 g/mol. The van der Waals surface area contributed by atoms with Crippen LogP contribution in [0.3, 0.4) is 0 Å². The number of benzene rings is 1. The third kappa shape index (κ3) is 5.15. The third-order valence-electron chi connectivity index (χ3n) is 3.36. The lowest BCUT2D eigenvalue weighted by molar-refractivity contribution is 0.0955. The second-order valence-corrected chi connectivity index (χ2v) is 7.81. The zero-order valence-corrected chi connectivity index (χ0v) is 14.4. The Kier molecular flexibility index (Phi) is 6.77. The lowest BCUT2D eigenvalue weighted by atomic mass is 10.1. The molecule has 116 valence electrons. The van der Waals surface area contributed by atoms with Gasteiger partial charge >= 0.3 is 0 Å². The smallest absolute Gasteiger partial charge is 0.253 e. The molecule has 1 heterocycles. The summed E-state index contributed by atoms with van der Waals surface area (Å²) >= 11 is 3.95. The Morgan fingerprint density at radius 2 is 2.24 bits per heavy atom. The lowest BCUT2D eigenvalue weighted by Crippen LogP contribution is -2.33. The Morgan fingerprint density at radius 3 is 2.95 bits per heavy atom. The molecule has 1 amide bonds. The molecule has 5 heteroatoms. The number of aryl methyl sites for hydroxylation is 1. The summed E-state index contributed by atoms with van der Waals surface area (Å²) in [4.78, 5) is 12.5. The maximum Gasteiger partial charge on any atom is 0.253 e. The summed E-state index contributed by atoms with van der Waals surface area (Å²) in [6.07, 6.45) is 1.05. The Balaban J connectivity index is 1.97. The van der Waals surface area contributed by atoms with Crippen LogP contribution in [0.15, 0.2) is 18.2 Å². The number of carbonyl (C=O) groups is 1. The van der Waals surface area contributed by atoms with Crippen molar-refractivity contribution in [2.45, 2.75) is 25.5 Å². The van der Waals surface area contributed by atoms with Crippen molar-refractivity contribution in [1.82, 2.24) is 5.32 Å². The molecule has 3 nitrogen and oxygen atoms in total. The predicted molar refractivity (Wildman–Crippen MR) is 95.9 cm³/mol. The van der Waals surface area contributed by atoms with E-state index in [-0.39, 0.29) is 5.91 Å². The van der Waals surface area contributed by atoms with Crippen LogP contribution in [0.2, 0.25) is 0 Å². The Morgan fingerprint density at radius 1 is 1.38 bits per heavy atom. The van der Waals surface area contributed by atoms with E-state index in [2.05, 4.69) is 17.6 Å². The van der Waals surface area contributed by atoms with Crippen molar-refractivity contribution >= 4 is 35.1 Å². The number of carbonyl (C=O) groups excluding carboxylic acids is 1. The van der Waals surface area contributed by atoms with Gasteiger partial charge in [0.2, 0.25) is 0 Å². The van der Waals surface area contributed by atoms with Gasteiger partial charge in [-0.3, -0.25) is 4.79 Å². The monoisotopic (exact) mass is 324 g/mol. The van der Waals surface area contributed by atoms with Crippen molar-refractivity contribution in [2.75, 3.05) is 35.7 Å². The fourth-order valence-electron chi connectivity index (χ4n) is 2.22. The van der Waals surface area contributed by atoms with Gasteiger partial charge in [-0.1, -0.05) is 18.6 Å². The Hall–Kier alpha value is -0.810. The number of hydrogen-bond acceptors (Lipinski definition) is 4. The number of thioether (sulfide) groups is 2. The van der Waals surface area contributed by atoms with Crippen LogP contribution in [0.5, 0.6) is 0 Å². The molecule has 1 fully saturated rings. The summed E-state index contributed by atoms with van der Waals surface area (Å²) in [5.41, 5.74) is 2.81. The van der Waals surface area contributed by atoms with E-state index in [1.54, 1.807) is 0 Å². The molecule has 0 aliphatic carbocycles. The highest BCUT2D eigenvalue weighted by molar-refractivity contribution is 8.06. The van der Waals surface area contributed by atoms with Gasteiger partial charge in [-0.2, -0.15) is 23.5 Å². The second kappa shape index (κ2) is 8.59. The minimum Gasteiger partial charge on any atom is -0.384 e. The maximum atomic E-state index is 12.5. The highest BCUT2D eigenvalue weighted by atomic mass is 32.2. The van der Waals surface area contributed by atoms with Crippen molar-refractivity contribution in [1.29, 1.82) is 0 Å². The van der Waals surface area contributed by atoms with E-state index >= 15 is 0 Å². The topological polar surface area (TPSA) is 41.1 Å². The maximum absolute atomic E-state index is 12.5. The minimum absolute atomic E-state index is 0.0356. The SMILES string of the molecule is CCCNc1ccc(C)cc1C(=O)NCC1CSCCS1. The highest BCUT2D eigenvalue weighted by Crippen LogP contribution is 2.23. The quantitative estimate of drug-likeness (QED) is 0.841. The van der Waals surface area contributed by atoms with Gasteiger partial charge < -0.3 is 10.6 Å². The summed E-state index contributed by atoms with van der Waals surface area (Å²) in [7, 11) is 0. The van der Waals surface area contributed by atoms with Crippen LogP contribution in [0, 0.1) is 6.92 Å². The van der Waals surface area contributed by atoms with Gasteiger partial charge in [0, 0.05) is 41.3 Å². The molecule has 2 N–H and O–H groups in total. The van der Waals surface area contributed by atoms with E-state index in [0.717, 1.165) is 42.1 Å². The average Bonchev–Trinajstić information content (AvgIpc) is 2.52. The van der Waals surface area contributed by atoms with Gasteiger partial charge in [-0.15, -0.1) is 0 Å². The van der Waals surface area contributed by atoms with Gasteiger partial charge in [-0.25, -0.2) is 0 Å². The minimum atomic E-state index is 0.0356. The first kappa shape index (κ1) is 16.6. The fraction of sp³-hybridized carbons (Fsp3) is 0.562. The Labute approximate surface area is 136 Å². The second-order valence-electron chi connectivity index (χ2n) is 5.25. The predicted octanol–water partition coefficient (Wildman–Crippen LogP) is 3.40. The van der Waals surface area contributed by atoms with Crippen molar-refractivity contribution in [3.8, 4) is 0 Å². The van der Waals surface area contributed by atoms with E-state index in [1.165, 1.54) is 11.5 Å². The van der Waals surface area contributed by atoms with E-state index in [4.69, 9.17) is 0 Å². The van der Waals surface area contributed by atoms with Gasteiger partial charge in [0.25, 0.3) is 5.91 Å². The largest absolute Gasteiger partial charge is 0.384 e. The highest BCUT2D eigenvalue weighted by Gasteiger charge is 2.17. The van der Waals surface area contributed by atoms with Crippen LogP contribution in [0.4, 0.5) is 5.69 Å². The number of hydrogen-bond donors (Lipinski definition) is 2. The molecule has 1 atom stereocenters. The van der Waals surface area contributed by atoms with Crippen LogP contribution in [-0.4, -0.2) is 41.5 Å². The van der Waals surface area contributed by atoms with Gasteiger partial charge in [0.15, 0.2) is 0 Å². The number of amides is 1. The number of anilines is 1. The van der Waals surface area contributed by atoms with Crippen LogP contribution in [0.25, 0.3) is 0 Å². The molecule has 0 aromatic heterocycles. The summed E-state index contributed by atoms with van der Waals surface area (Å²) in [6.45, 7) is 5.79. The number of nitrogens with one attached hydrogen (secondary N) is 2. The summed E-state index contributed by atoms with van der Waals surface area (Å²) in [5.74, 6) is 3.60. The van der Waals surface area contributed by atoms with Crippen molar-refractivity contribution < 1.29 is 4.79 Å². The molecule has 1 aromatic carbocycles. The number of rotatable bonds is 6. The summed E-state index contributed by atoms with van der Waals surface area (Å²) in [6, 6.07) is 6.02. The molecule has 0 radical (unpaired) electrons. The molecule has 0 spiro atoms. The van der Waals surface area contributed by atoms with Crippen LogP contribution in [-0.2, 0) is 0 Å². The molecule has 0 saturated carbocycles. The first-order chi connectivity index (χ1) is 10.2. The summed E-state index contributed by atoms with van der Waals surface area (Å²) in [5, 5.41) is 6.98. The van der Waals surface area contributed by atoms with Gasteiger partial charge in [-0.05, 0) is 25.5 Å². The van der Waals surface area contributed by atoms with Crippen LogP contribution < -0.4 is 10.6 Å². The van der Waals surface area contributed by atoms with E-state index < -0.39 is 0 Å². The van der Waals surface area contributed by atoms with E-state index in [1.807, 2.05) is 48.6 Å². The molecule has 1 aromatic rings. The zero-order chi connectivity index (χ0) is 15.1.